The number of likely N-dealkylation sites (tertiary alicyclic amines) is 1. The molecule has 4 aliphatic rings. The lowest BCUT2D eigenvalue weighted by molar-refractivity contribution is -0.141. The molecule has 2 unspecified atom stereocenters. The van der Waals surface area contributed by atoms with Gasteiger partial charge in [0.05, 0.1) is 4.08 Å². The molecule has 5 rings (SSSR count). The first kappa shape index (κ1) is 20.7. The molecule has 2 bridgehead atoms. The smallest absolute Gasteiger partial charge is 0.227 e. The van der Waals surface area contributed by atoms with E-state index in [9.17, 15) is 9.59 Å². The van der Waals surface area contributed by atoms with Crippen molar-refractivity contribution in [3.8, 4) is 0 Å². The van der Waals surface area contributed by atoms with Crippen LogP contribution < -0.4 is 5.32 Å². The number of hydrogen-bond acceptors (Lipinski definition) is 4. The highest BCUT2D eigenvalue weighted by Crippen LogP contribution is 2.64. The van der Waals surface area contributed by atoms with Gasteiger partial charge in [0.2, 0.25) is 11.8 Å². The van der Waals surface area contributed by atoms with Crippen LogP contribution in [0.4, 0.5) is 5.69 Å². The van der Waals surface area contributed by atoms with Crippen LogP contribution in [0.1, 0.15) is 44.9 Å². The highest BCUT2D eigenvalue weighted by Gasteiger charge is 2.55. The van der Waals surface area contributed by atoms with Crippen LogP contribution in [0, 0.1) is 23.7 Å². The van der Waals surface area contributed by atoms with E-state index in [1.807, 2.05) is 30.3 Å². The van der Waals surface area contributed by atoms with Crippen molar-refractivity contribution in [1.82, 2.24) is 4.90 Å². The van der Waals surface area contributed by atoms with E-state index in [4.69, 9.17) is 0 Å². The Balaban J connectivity index is 1.16. The molecule has 4 nitrogen and oxygen atoms in total. The van der Waals surface area contributed by atoms with Gasteiger partial charge in [0.1, 0.15) is 0 Å². The molecule has 1 N–H and O–H groups in total. The molecule has 2 atom stereocenters. The van der Waals surface area contributed by atoms with E-state index in [-0.39, 0.29) is 17.7 Å². The van der Waals surface area contributed by atoms with E-state index in [1.54, 1.807) is 0 Å². The Labute approximate surface area is 188 Å². The van der Waals surface area contributed by atoms with E-state index < -0.39 is 0 Å². The van der Waals surface area contributed by atoms with Crippen molar-refractivity contribution in [3.05, 3.63) is 30.3 Å². The zero-order valence-corrected chi connectivity index (χ0v) is 19.2. The second-order valence-corrected chi connectivity index (χ2v) is 12.4. The number of rotatable bonds is 3. The van der Waals surface area contributed by atoms with Crippen LogP contribution in [0.15, 0.2) is 30.3 Å². The molecular weight excluding hydrogens is 412 g/mol. The number of carbonyl (C=O) groups is 2. The molecule has 1 aromatic rings. The second kappa shape index (κ2) is 8.78. The average molecular weight is 445 g/mol. The molecule has 0 aromatic heterocycles. The van der Waals surface area contributed by atoms with Gasteiger partial charge in [-0.3, -0.25) is 9.59 Å². The largest absolute Gasteiger partial charge is 0.342 e. The van der Waals surface area contributed by atoms with Crippen molar-refractivity contribution >= 4 is 41.0 Å². The number of nitrogens with zero attached hydrogens (tertiary/aromatic N) is 1. The van der Waals surface area contributed by atoms with Gasteiger partial charge in [-0.15, -0.1) is 23.5 Å². The number of para-hydroxylation sites is 1. The Morgan fingerprint density at radius 1 is 0.900 bits per heavy atom. The third-order valence-corrected chi connectivity index (χ3v) is 11.7. The first-order valence-corrected chi connectivity index (χ1v) is 13.6. The lowest BCUT2D eigenvalue weighted by atomic mass is 9.66. The van der Waals surface area contributed by atoms with Crippen LogP contribution in [-0.4, -0.2) is 45.4 Å². The minimum absolute atomic E-state index is 0.00884. The number of thioether (sulfide) groups is 2. The van der Waals surface area contributed by atoms with Gasteiger partial charge in [-0.2, -0.15) is 0 Å². The zero-order valence-electron chi connectivity index (χ0n) is 17.6. The third kappa shape index (κ3) is 3.90. The SMILES string of the molecule is O=C(Nc1ccccc1)C1CCN(C(=O)C2CC3CCCC(C2)C32SCCS2)CC1. The average Bonchev–Trinajstić information content (AvgIpc) is 3.23. The summed E-state index contributed by atoms with van der Waals surface area (Å²) in [6.07, 6.45) is 7.69. The Morgan fingerprint density at radius 2 is 1.53 bits per heavy atom. The summed E-state index contributed by atoms with van der Waals surface area (Å²) in [5.74, 6) is 4.69. The van der Waals surface area contributed by atoms with Crippen molar-refractivity contribution < 1.29 is 9.59 Å². The standard InChI is InChI=1S/C24H32N2O2S2/c27-22(25-21-7-2-1-3-8-21)17-9-11-26(12-10-17)23(28)18-15-19-5-4-6-20(16-18)24(19)29-13-14-30-24/h1-3,7-8,17-20H,4-6,9-16H2,(H,25,27). The van der Waals surface area contributed by atoms with Gasteiger partial charge >= 0.3 is 0 Å². The number of carbonyl (C=O) groups excluding carboxylic acids is 2. The van der Waals surface area contributed by atoms with Gasteiger partial charge in [-0.25, -0.2) is 0 Å². The van der Waals surface area contributed by atoms with Crippen LogP contribution in [-0.2, 0) is 9.59 Å². The molecule has 4 fully saturated rings. The van der Waals surface area contributed by atoms with E-state index in [0.29, 0.717) is 21.8 Å². The summed E-state index contributed by atoms with van der Waals surface area (Å²) in [4.78, 5) is 28.0. The highest BCUT2D eigenvalue weighted by molar-refractivity contribution is 8.21. The lowest BCUT2D eigenvalue weighted by Crippen LogP contribution is -2.51. The molecule has 0 radical (unpaired) electrons. The van der Waals surface area contributed by atoms with E-state index in [0.717, 1.165) is 44.5 Å². The molecular formula is C24H32N2O2S2. The first-order valence-electron chi connectivity index (χ1n) is 11.6. The summed E-state index contributed by atoms with van der Waals surface area (Å²) < 4.78 is 0.428. The van der Waals surface area contributed by atoms with Crippen molar-refractivity contribution in [2.75, 3.05) is 29.9 Å². The normalized spacial score (nSPS) is 30.9. The lowest BCUT2D eigenvalue weighted by Gasteiger charge is -2.52. The van der Waals surface area contributed by atoms with Crippen LogP contribution in [0.25, 0.3) is 0 Å². The van der Waals surface area contributed by atoms with Crippen LogP contribution in [0.2, 0.25) is 0 Å². The van der Waals surface area contributed by atoms with E-state index in [1.165, 1.54) is 30.8 Å². The maximum Gasteiger partial charge on any atom is 0.227 e. The predicted octanol–water partition coefficient (Wildman–Crippen LogP) is 4.87. The third-order valence-electron chi connectivity index (χ3n) is 7.69. The van der Waals surface area contributed by atoms with Crippen LogP contribution in [0.5, 0.6) is 0 Å². The van der Waals surface area contributed by atoms with Crippen LogP contribution in [0.3, 0.4) is 0 Å². The fraction of sp³-hybridized carbons (Fsp3) is 0.667. The number of anilines is 1. The number of benzene rings is 1. The molecule has 1 aromatic carbocycles. The second-order valence-electron chi connectivity index (χ2n) is 9.37. The van der Waals surface area contributed by atoms with Crippen molar-refractivity contribution in [3.63, 3.8) is 0 Å². The molecule has 2 aliphatic heterocycles. The fourth-order valence-electron chi connectivity index (χ4n) is 6.20. The summed E-state index contributed by atoms with van der Waals surface area (Å²) in [5, 5.41) is 3.03. The van der Waals surface area contributed by atoms with Gasteiger partial charge in [0.25, 0.3) is 0 Å². The number of nitrogens with one attached hydrogen (secondary N) is 1. The summed E-state index contributed by atoms with van der Waals surface area (Å²) >= 11 is 4.41. The Kier molecular flexibility index (Phi) is 6.07. The molecule has 162 valence electrons. The van der Waals surface area contributed by atoms with Gasteiger partial charge in [0.15, 0.2) is 0 Å². The van der Waals surface area contributed by atoms with Gasteiger partial charge in [-0.05, 0) is 62.5 Å². The topological polar surface area (TPSA) is 49.4 Å². The Bertz CT molecular complexity index is 757. The summed E-state index contributed by atoms with van der Waals surface area (Å²) in [7, 11) is 0. The van der Waals surface area contributed by atoms with Crippen molar-refractivity contribution in [2.24, 2.45) is 23.7 Å². The summed E-state index contributed by atoms with van der Waals surface area (Å²) in [6.45, 7) is 1.46. The maximum atomic E-state index is 13.4. The van der Waals surface area contributed by atoms with Gasteiger partial charge in [0, 0.05) is 42.1 Å². The molecule has 2 saturated heterocycles. The first-order chi connectivity index (χ1) is 14.7. The molecule has 6 heteroatoms. The predicted molar refractivity (Wildman–Crippen MR) is 126 cm³/mol. The zero-order chi connectivity index (χ0) is 20.6. The minimum Gasteiger partial charge on any atom is -0.342 e. The van der Waals surface area contributed by atoms with Gasteiger partial charge in [-0.1, -0.05) is 24.6 Å². The Hall–Kier alpha value is -1.14. The quantitative estimate of drug-likeness (QED) is 0.723. The van der Waals surface area contributed by atoms with E-state index >= 15 is 0 Å². The molecule has 2 heterocycles. The summed E-state index contributed by atoms with van der Waals surface area (Å²) in [5.41, 5.74) is 0.853. The van der Waals surface area contributed by atoms with Gasteiger partial charge < -0.3 is 10.2 Å². The molecule has 30 heavy (non-hydrogen) atoms. The minimum atomic E-state index is 0.00884. The Morgan fingerprint density at radius 3 is 2.17 bits per heavy atom. The monoisotopic (exact) mass is 444 g/mol. The molecule has 2 amide bonds. The fourth-order valence-corrected chi connectivity index (χ4v) is 10.1. The number of hydrogen-bond donors (Lipinski definition) is 1. The highest BCUT2D eigenvalue weighted by atomic mass is 32.2. The molecule has 2 aliphatic carbocycles. The molecule has 2 saturated carbocycles. The van der Waals surface area contributed by atoms with Crippen molar-refractivity contribution in [1.29, 1.82) is 0 Å². The molecule has 1 spiro atoms. The van der Waals surface area contributed by atoms with Crippen molar-refractivity contribution in [2.45, 2.75) is 49.0 Å². The number of piperidine rings is 1. The van der Waals surface area contributed by atoms with Crippen LogP contribution >= 0.6 is 23.5 Å². The maximum absolute atomic E-state index is 13.4. The summed E-state index contributed by atoms with van der Waals surface area (Å²) in [6, 6.07) is 9.66. The van der Waals surface area contributed by atoms with E-state index in [2.05, 4.69) is 33.7 Å². The number of amides is 2.